The molecule has 22 heavy (non-hydrogen) atoms. The molecule has 1 N–H and O–H groups in total. The summed E-state index contributed by atoms with van der Waals surface area (Å²) in [4.78, 5) is 0. The van der Waals surface area contributed by atoms with Gasteiger partial charge in [0.2, 0.25) is 0 Å². The van der Waals surface area contributed by atoms with Gasteiger partial charge in [0.25, 0.3) is 0 Å². The van der Waals surface area contributed by atoms with Crippen molar-refractivity contribution in [2.24, 2.45) is 11.3 Å². The molecule has 110 valence electrons. The Labute approximate surface area is 130 Å². The zero-order valence-electron chi connectivity index (χ0n) is 12.4. The molecule has 2 fully saturated rings. The van der Waals surface area contributed by atoms with E-state index < -0.39 is 0 Å². The van der Waals surface area contributed by atoms with Crippen LogP contribution < -0.4 is 5.32 Å². The molecule has 2 aliphatic carbocycles. The van der Waals surface area contributed by atoms with Crippen molar-refractivity contribution in [2.45, 2.75) is 25.7 Å². The Hall–Kier alpha value is -2.41. The van der Waals surface area contributed by atoms with E-state index in [4.69, 9.17) is 5.26 Å². The van der Waals surface area contributed by atoms with Gasteiger partial charge < -0.3 is 5.32 Å². The highest BCUT2D eigenvalue weighted by Gasteiger charge is 2.52. The Balaban J connectivity index is 1.38. The Bertz CT molecular complexity index is 717. The van der Waals surface area contributed by atoms with Crippen molar-refractivity contribution in [3.05, 3.63) is 42.0 Å². The smallest absolute Gasteiger partial charge is 0.148 e. The van der Waals surface area contributed by atoms with Gasteiger partial charge in [0, 0.05) is 12.1 Å². The molecule has 2 aromatic rings. The largest absolute Gasteiger partial charge is 0.368 e. The van der Waals surface area contributed by atoms with Crippen molar-refractivity contribution in [3.8, 4) is 17.3 Å². The van der Waals surface area contributed by atoms with Gasteiger partial charge in [0.05, 0.1) is 17.3 Å². The third-order valence-corrected chi connectivity index (χ3v) is 4.92. The molecular formula is C18H18N4. The molecule has 4 nitrogen and oxygen atoms in total. The maximum absolute atomic E-state index is 8.95. The highest BCUT2D eigenvalue weighted by molar-refractivity contribution is 5.61. The Morgan fingerprint density at radius 1 is 1.18 bits per heavy atom. The van der Waals surface area contributed by atoms with Crippen LogP contribution in [-0.2, 0) is 0 Å². The molecule has 2 aliphatic rings. The van der Waals surface area contributed by atoms with Crippen LogP contribution in [0.2, 0.25) is 0 Å². The molecule has 0 bridgehead atoms. The molecule has 0 saturated heterocycles. The van der Waals surface area contributed by atoms with Crippen molar-refractivity contribution >= 4 is 5.82 Å². The zero-order chi connectivity index (χ0) is 15.0. The summed E-state index contributed by atoms with van der Waals surface area (Å²) in [5, 5.41) is 20.9. The summed E-state index contributed by atoms with van der Waals surface area (Å²) >= 11 is 0. The summed E-state index contributed by atoms with van der Waals surface area (Å²) in [6.07, 6.45) is 5.65. The lowest BCUT2D eigenvalue weighted by molar-refractivity contribution is 0.180. The minimum atomic E-state index is 0.639. The van der Waals surface area contributed by atoms with Crippen LogP contribution in [-0.4, -0.2) is 16.7 Å². The first-order valence-electron chi connectivity index (χ1n) is 7.85. The number of aromatic nitrogens is 2. The minimum absolute atomic E-state index is 0.639. The molecule has 0 unspecified atom stereocenters. The molecule has 1 aromatic heterocycles. The Kier molecular flexibility index (Phi) is 3.07. The van der Waals surface area contributed by atoms with E-state index in [9.17, 15) is 0 Å². The quantitative estimate of drug-likeness (QED) is 0.934. The fraction of sp³-hybridized carbons (Fsp3) is 0.389. The van der Waals surface area contributed by atoms with Crippen LogP contribution in [0.15, 0.2) is 36.4 Å². The van der Waals surface area contributed by atoms with E-state index >= 15 is 0 Å². The predicted molar refractivity (Wildman–Crippen MR) is 85.1 cm³/mol. The van der Waals surface area contributed by atoms with Crippen molar-refractivity contribution < 1.29 is 0 Å². The van der Waals surface area contributed by atoms with Crippen LogP contribution in [0.5, 0.6) is 0 Å². The van der Waals surface area contributed by atoms with Gasteiger partial charge in [-0.15, -0.1) is 10.2 Å². The van der Waals surface area contributed by atoms with E-state index in [0.717, 1.165) is 35.0 Å². The Morgan fingerprint density at radius 2 is 2.05 bits per heavy atom. The summed E-state index contributed by atoms with van der Waals surface area (Å²) in [5.74, 6) is 1.63. The van der Waals surface area contributed by atoms with Gasteiger partial charge in [-0.2, -0.15) is 5.26 Å². The highest BCUT2D eigenvalue weighted by Crippen LogP contribution is 2.63. The summed E-state index contributed by atoms with van der Waals surface area (Å²) in [6.45, 7) is 1.000. The van der Waals surface area contributed by atoms with E-state index in [1.807, 2.05) is 30.3 Å². The maximum atomic E-state index is 8.95. The third kappa shape index (κ3) is 2.55. The van der Waals surface area contributed by atoms with E-state index in [2.05, 4.69) is 21.6 Å². The maximum Gasteiger partial charge on any atom is 0.148 e. The summed E-state index contributed by atoms with van der Waals surface area (Å²) < 4.78 is 0. The summed E-state index contributed by atoms with van der Waals surface area (Å²) in [6, 6.07) is 13.5. The number of hydrogen-bond donors (Lipinski definition) is 1. The average molecular weight is 290 g/mol. The highest BCUT2D eigenvalue weighted by atomic mass is 15.2. The predicted octanol–water partition coefficient (Wildman–Crippen LogP) is 3.62. The number of nitriles is 1. The number of hydrogen-bond acceptors (Lipinski definition) is 4. The average Bonchev–Trinajstić information content (AvgIpc) is 3.33. The van der Waals surface area contributed by atoms with E-state index in [1.54, 1.807) is 6.07 Å². The van der Waals surface area contributed by atoms with Crippen molar-refractivity contribution in [3.63, 3.8) is 0 Å². The van der Waals surface area contributed by atoms with Crippen LogP contribution in [0.4, 0.5) is 5.82 Å². The van der Waals surface area contributed by atoms with Crippen LogP contribution in [0.3, 0.4) is 0 Å². The molecule has 2 saturated carbocycles. The standard InChI is InChI=1S/C18H18N4/c19-11-13-2-1-3-15(8-13)16-4-5-17(22-21-16)20-12-14-9-18(10-14)6-7-18/h1-5,8,14H,6-7,9-10,12H2,(H,20,22). The number of benzene rings is 1. The monoisotopic (exact) mass is 290 g/mol. The SMILES string of the molecule is N#Cc1cccc(-c2ccc(NCC3CC4(CC4)C3)nn2)c1. The molecule has 4 heteroatoms. The molecule has 0 aliphatic heterocycles. The molecule has 1 spiro atoms. The van der Waals surface area contributed by atoms with Gasteiger partial charge in [-0.3, -0.25) is 0 Å². The van der Waals surface area contributed by atoms with Gasteiger partial charge >= 0.3 is 0 Å². The molecule has 0 radical (unpaired) electrons. The van der Waals surface area contributed by atoms with Crippen molar-refractivity contribution in [1.82, 2.24) is 10.2 Å². The van der Waals surface area contributed by atoms with Crippen LogP contribution in [0.1, 0.15) is 31.2 Å². The molecule has 0 atom stereocenters. The van der Waals surface area contributed by atoms with Crippen molar-refractivity contribution in [2.75, 3.05) is 11.9 Å². The zero-order valence-corrected chi connectivity index (χ0v) is 12.4. The van der Waals surface area contributed by atoms with Gasteiger partial charge in [0.1, 0.15) is 5.82 Å². The second-order valence-electron chi connectivity index (χ2n) is 6.65. The lowest BCUT2D eigenvalue weighted by Crippen LogP contribution is -2.30. The second kappa shape index (κ2) is 5.10. The number of nitrogens with zero attached hydrogens (tertiary/aromatic N) is 3. The lowest BCUT2D eigenvalue weighted by atomic mass is 9.72. The molecular weight excluding hydrogens is 272 g/mol. The third-order valence-electron chi connectivity index (χ3n) is 4.92. The van der Waals surface area contributed by atoms with E-state index in [0.29, 0.717) is 5.56 Å². The topological polar surface area (TPSA) is 61.6 Å². The first kappa shape index (κ1) is 13.3. The summed E-state index contributed by atoms with van der Waals surface area (Å²) in [5.41, 5.74) is 3.12. The van der Waals surface area contributed by atoms with Crippen LogP contribution in [0, 0.1) is 22.7 Å². The van der Waals surface area contributed by atoms with E-state index in [1.165, 1.54) is 25.7 Å². The van der Waals surface area contributed by atoms with Crippen molar-refractivity contribution in [1.29, 1.82) is 5.26 Å². The first-order valence-corrected chi connectivity index (χ1v) is 7.85. The second-order valence-corrected chi connectivity index (χ2v) is 6.65. The van der Waals surface area contributed by atoms with Gasteiger partial charge in [0.15, 0.2) is 0 Å². The van der Waals surface area contributed by atoms with Gasteiger partial charge in [-0.05, 0) is 61.3 Å². The fourth-order valence-electron chi connectivity index (χ4n) is 3.47. The van der Waals surface area contributed by atoms with Gasteiger partial charge in [-0.1, -0.05) is 12.1 Å². The van der Waals surface area contributed by atoms with Gasteiger partial charge in [-0.25, -0.2) is 0 Å². The van der Waals surface area contributed by atoms with E-state index in [-0.39, 0.29) is 0 Å². The lowest BCUT2D eigenvalue weighted by Gasteiger charge is -2.35. The number of rotatable bonds is 4. The fourth-order valence-corrected chi connectivity index (χ4v) is 3.47. The minimum Gasteiger partial charge on any atom is -0.368 e. The number of nitrogens with one attached hydrogen (secondary N) is 1. The Morgan fingerprint density at radius 3 is 2.73 bits per heavy atom. The van der Waals surface area contributed by atoms with Crippen LogP contribution in [0.25, 0.3) is 11.3 Å². The molecule has 0 amide bonds. The van der Waals surface area contributed by atoms with Crippen LogP contribution >= 0.6 is 0 Å². The normalized spacial score (nSPS) is 18.5. The first-order chi connectivity index (χ1) is 10.8. The summed E-state index contributed by atoms with van der Waals surface area (Å²) in [7, 11) is 0. The molecule has 4 rings (SSSR count). The molecule has 1 heterocycles. The molecule has 1 aromatic carbocycles. The number of anilines is 1.